The number of esters is 1. The number of nitrogens with zero attached hydrogens (tertiary/aromatic N) is 5. The number of nitrogens with one attached hydrogen (secondary N) is 2. The second kappa shape index (κ2) is 17.2. The molecule has 7 aromatic rings. The maximum absolute atomic E-state index is 15.6. The molecule has 3 N–H and O–H groups in total. The maximum Gasteiger partial charge on any atom is 0.324 e. The van der Waals surface area contributed by atoms with Gasteiger partial charge in [-0.15, -0.1) is 5.10 Å². The third-order valence-electron chi connectivity index (χ3n) is 12.4. The molecule has 6 unspecified atom stereocenters. The summed E-state index contributed by atoms with van der Waals surface area (Å²) in [5.41, 5.74) is 4.51. The third kappa shape index (κ3) is 7.12. The molecule has 1 spiro atoms. The van der Waals surface area contributed by atoms with Gasteiger partial charge in [0.15, 0.2) is 0 Å². The topological polar surface area (TPSA) is 161 Å². The highest BCUT2D eigenvalue weighted by molar-refractivity contribution is 6.12. The Bertz CT molecular complexity index is 2920. The Labute approximate surface area is 369 Å². The largest absolute Gasteiger partial charge is 0.491 e. The summed E-state index contributed by atoms with van der Waals surface area (Å²) in [7, 11) is 0. The zero-order valence-electron chi connectivity index (χ0n) is 34.6. The quantitative estimate of drug-likeness (QED) is 0.106. The molecule has 6 atom stereocenters. The molecule has 0 bridgehead atoms. The number of para-hydroxylation sites is 1. The van der Waals surface area contributed by atoms with Gasteiger partial charge in [0.2, 0.25) is 11.8 Å². The second-order valence-corrected chi connectivity index (χ2v) is 16.0. The fourth-order valence-corrected chi connectivity index (χ4v) is 9.83. The van der Waals surface area contributed by atoms with Crippen LogP contribution in [0.5, 0.6) is 5.75 Å². The Morgan fingerprint density at radius 2 is 1.61 bits per heavy atom. The van der Waals surface area contributed by atoms with Crippen LogP contribution in [0.4, 0.5) is 5.69 Å². The van der Waals surface area contributed by atoms with Crippen LogP contribution in [0.1, 0.15) is 51.7 Å². The summed E-state index contributed by atoms with van der Waals surface area (Å²) in [6, 6.07) is 42.5. The lowest BCUT2D eigenvalue weighted by molar-refractivity contribution is -0.178. The summed E-state index contributed by atoms with van der Waals surface area (Å²) in [4.78, 5) is 52.6. The standard InChI is InChI=1S/C51H43N7O6/c59-29-30-63-38-20-11-18-36(32-38)47-51(39-31-33(23-24-40(39)54-50(51)62)13-12-28-57-42-22-8-7-21-41(42)55-56-57)43(48(60)53-27-25-37-19-9-10-26-52-37)45-49(61)64-46(35-16-5-2-6-17-35)44(58(45)47)34-14-3-1-4-15-34/h1-11,14-24,26,31-32,43-47,59H,25,27-30H2,(H,53,60)(H,54,62). The Hall–Kier alpha value is -7.66. The summed E-state index contributed by atoms with van der Waals surface area (Å²) in [6.07, 6.45) is 1.30. The zero-order valence-corrected chi connectivity index (χ0v) is 34.6. The fraction of sp³-hybridized carbons (Fsp3) is 0.216. The van der Waals surface area contributed by atoms with Gasteiger partial charge in [0.1, 0.15) is 42.0 Å². The first-order valence-corrected chi connectivity index (χ1v) is 21.3. The molecule has 2 amide bonds. The van der Waals surface area contributed by atoms with Crippen LogP contribution in [0.2, 0.25) is 0 Å². The van der Waals surface area contributed by atoms with Crippen LogP contribution in [-0.2, 0) is 37.5 Å². The van der Waals surface area contributed by atoms with Crippen LogP contribution in [0.15, 0.2) is 152 Å². The first-order valence-electron chi connectivity index (χ1n) is 21.3. The molecule has 0 saturated carbocycles. The number of aliphatic hydroxyl groups is 1. The summed E-state index contributed by atoms with van der Waals surface area (Å²) in [5.74, 6) is 4.11. The van der Waals surface area contributed by atoms with Gasteiger partial charge < -0.3 is 25.2 Å². The lowest BCUT2D eigenvalue weighted by atomic mass is 9.65. The Balaban J connectivity index is 1.17. The number of aromatic nitrogens is 4. The number of amides is 2. The molecular weight excluding hydrogens is 807 g/mol. The van der Waals surface area contributed by atoms with Crippen molar-refractivity contribution in [2.45, 2.75) is 42.6 Å². The molecule has 2 aromatic heterocycles. The van der Waals surface area contributed by atoms with E-state index in [1.165, 1.54) is 0 Å². The van der Waals surface area contributed by atoms with E-state index in [4.69, 9.17) is 9.47 Å². The molecule has 10 rings (SSSR count). The Kier molecular flexibility index (Phi) is 10.9. The molecule has 2 saturated heterocycles. The van der Waals surface area contributed by atoms with Gasteiger partial charge in [0.25, 0.3) is 0 Å². The number of hydrogen-bond donors (Lipinski definition) is 3. The van der Waals surface area contributed by atoms with Gasteiger partial charge in [-0.25, -0.2) is 4.68 Å². The van der Waals surface area contributed by atoms with Crippen LogP contribution in [-0.4, -0.2) is 73.6 Å². The number of carbonyl (C=O) groups is 3. The normalized spacial score (nSPS) is 22.2. The first-order chi connectivity index (χ1) is 31.4. The highest BCUT2D eigenvalue weighted by Gasteiger charge is 2.74. The summed E-state index contributed by atoms with van der Waals surface area (Å²) >= 11 is 0. The monoisotopic (exact) mass is 849 g/mol. The smallest absolute Gasteiger partial charge is 0.324 e. The van der Waals surface area contributed by atoms with E-state index in [2.05, 4.69) is 37.8 Å². The number of carbonyl (C=O) groups excluding carboxylic acids is 3. The van der Waals surface area contributed by atoms with Crippen molar-refractivity contribution < 1.29 is 29.0 Å². The van der Waals surface area contributed by atoms with Crippen LogP contribution < -0.4 is 15.4 Å². The van der Waals surface area contributed by atoms with Gasteiger partial charge >= 0.3 is 5.97 Å². The number of morpholine rings is 1. The summed E-state index contributed by atoms with van der Waals surface area (Å²) in [5, 5.41) is 24.6. The molecule has 64 heavy (non-hydrogen) atoms. The maximum atomic E-state index is 15.6. The average Bonchev–Trinajstić information content (AvgIpc) is 3.99. The highest BCUT2D eigenvalue weighted by Crippen LogP contribution is 2.65. The molecule has 3 aliphatic heterocycles. The predicted octanol–water partition coefficient (Wildman–Crippen LogP) is 5.88. The van der Waals surface area contributed by atoms with Gasteiger partial charge in [-0.05, 0) is 76.9 Å². The minimum atomic E-state index is -1.72. The van der Waals surface area contributed by atoms with E-state index < -0.39 is 53.3 Å². The van der Waals surface area contributed by atoms with Crippen molar-refractivity contribution >= 4 is 34.5 Å². The van der Waals surface area contributed by atoms with Crippen molar-refractivity contribution in [2.75, 3.05) is 25.1 Å². The van der Waals surface area contributed by atoms with E-state index in [-0.39, 0.29) is 26.3 Å². The van der Waals surface area contributed by atoms with E-state index in [9.17, 15) is 5.11 Å². The minimum absolute atomic E-state index is 0.0394. The van der Waals surface area contributed by atoms with Crippen molar-refractivity contribution in [1.29, 1.82) is 0 Å². The van der Waals surface area contributed by atoms with Crippen molar-refractivity contribution in [3.8, 4) is 17.6 Å². The molecule has 5 aromatic carbocycles. The van der Waals surface area contributed by atoms with Gasteiger partial charge in [0, 0.05) is 36.1 Å². The minimum Gasteiger partial charge on any atom is -0.491 e. The Morgan fingerprint density at radius 3 is 2.41 bits per heavy atom. The van der Waals surface area contributed by atoms with Crippen molar-refractivity contribution in [3.63, 3.8) is 0 Å². The fourth-order valence-electron chi connectivity index (χ4n) is 9.83. The number of hydrogen-bond acceptors (Lipinski definition) is 10. The number of cyclic esters (lactones) is 1. The van der Waals surface area contributed by atoms with E-state index in [1.54, 1.807) is 16.9 Å². The molecule has 0 aliphatic carbocycles. The lowest BCUT2D eigenvalue weighted by Crippen LogP contribution is -2.55. The third-order valence-corrected chi connectivity index (χ3v) is 12.4. The number of pyridine rings is 1. The van der Waals surface area contributed by atoms with Gasteiger partial charge in [0.05, 0.1) is 30.1 Å². The average molecular weight is 850 g/mol. The summed E-state index contributed by atoms with van der Waals surface area (Å²) < 4.78 is 14.2. The van der Waals surface area contributed by atoms with Crippen LogP contribution in [0.25, 0.3) is 11.0 Å². The first kappa shape index (κ1) is 40.4. The number of ether oxygens (including phenoxy) is 2. The number of fused-ring (bicyclic) bond motifs is 4. The molecule has 13 nitrogen and oxygen atoms in total. The lowest BCUT2D eigenvalue weighted by Gasteiger charge is -2.46. The van der Waals surface area contributed by atoms with Gasteiger partial charge in [-0.2, -0.15) is 0 Å². The molecule has 5 heterocycles. The van der Waals surface area contributed by atoms with Crippen molar-refractivity contribution in [2.24, 2.45) is 5.92 Å². The number of benzene rings is 5. The van der Waals surface area contributed by atoms with E-state index >= 15 is 14.4 Å². The zero-order chi connectivity index (χ0) is 43.6. The Morgan fingerprint density at radius 1 is 0.844 bits per heavy atom. The molecule has 318 valence electrons. The summed E-state index contributed by atoms with van der Waals surface area (Å²) in [6.45, 7) is 0.286. The van der Waals surface area contributed by atoms with Crippen molar-refractivity contribution in [1.82, 2.24) is 30.2 Å². The molecule has 13 heteroatoms. The predicted molar refractivity (Wildman–Crippen MR) is 237 cm³/mol. The van der Waals surface area contributed by atoms with Gasteiger partial charge in [-0.1, -0.05) is 108 Å². The molecular formula is C51H43N7O6. The van der Waals surface area contributed by atoms with Crippen LogP contribution in [0.3, 0.4) is 0 Å². The SMILES string of the molecule is O=C1OC(c2ccccc2)C(c2ccccc2)N2C1C(C(=O)NCCc1ccccn1)C1(C(=O)Nc3ccc(C#CCn4nnc5ccccc54)cc31)C2c1cccc(OCCO)c1. The van der Waals surface area contributed by atoms with Crippen molar-refractivity contribution in [3.05, 3.63) is 185 Å². The highest BCUT2D eigenvalue weighted by atomic mass is 16.6. The van der Waals surface area contributed by atoms with E-state index in [1.807, 2.05) is 144 Å². The second-order valence-electron chi connectivity index (χ2n) is 16.0. The van der Waals surface area contributed by atoms with E-state index in [0.717, 1.165) is 27.9 Å². The van der Waals surface area contributed by atoms with Gasteiger partial charge in [-0.3, -0.25) is 24.3 Å². The number of anilines is 1. The van der Waals surface area contributed by atoms with Crippen LogP contribution in [0, 0.1) is 17.8 Å². The molecule has 2 fully saturated rings. The molecule has 0 radical (unpaired) electrons. The van der Waals surface area contributed by atoms with Crippen LogP contribution >= 0.6 is 0 Å². The number of rotatable bonds is 11. The molecule has 3 aliphatic rings. The van der Waals surface area contributed by atoms with E-state index in [0.29, 0.717) is 34.5 Å². The number of aliphatic hydroxyl groups excluding tert-OH is 1.